The first-order valence-corrected chi connectivity index (χ1v) is 18.4. The average Bonchev–Trinajstić information content (AvgIpc) is 3.65. The van der Waals surface area contributed by atoms with Crippen LogP contribution in [0.25, 0.3) is 77.2 Å². The van der Waals surface area contributed by atoms with Crippen molar-refractivity contribution in [2.24, 2.45) is 0 Å². The van der Waals surface area contributed by atoms with E-state index in [1.165, 1.54) is 38.8 Å². The third-order valence-corrected chi connectivity index (χ3v) is 10.5. The van der Waals surface area contributed by atoms with Crippen LogP contribution in [0.2, 0.25) is 0 Å². The Morgan fingerprint density at radius 1 is 0.296 bits per heavy atom. The summed E-state index contributed by atoms with van der Waals surface area (Å²) < 4.78 is 7.13. The molecule has 254 valence electrons. The summed E-state index contributed by atoms with van der Waals surface area (Å²) in [6.45, 7) is 0. The summed E-state index contributed by atoms with van der Waals surface area (Å²) in [5.41, 5.74) is 14.2. The second-order valence-corrected chi connectivity index (χ2v) is 13.7. The highest BCUT2D eigenvalue weighted by Gasteiger charge is 2.24. The maximum absolute atomic E-state index is 7.13. The standard InChI is InChI=1S/C52H35NO/c1-5-15-36(16-6-1)38-25-29-42(30-26-38)53(43-31-27-39(28-32-43)37-17-7-2-8-18-37)49-34-33-44(40-19-9-3-10-20-40)52-50(49)48-35-47(41-21-11-4-12-22-41)45-23-13-14-24-46(45)51(48)54-52/h1-35H. The SMILES string of the molecule is c1ccc(-c2ccc(N(c3ccc(-c4ccccc4)cc3)c3ccc(-c4ccccc4)c4oc5c6ccccc6c(-c6ccccc6)cc5c34)cc2)cc1. The Morgan fingerprint density at radius 2 is 0.722 bits per heavy atom. The topological polar surface area (TPSA) is 16.4 Å². The van der Waals surface area contributed by atoms with Crippen LogP contribution in [0.3, 0.4) is 0 Å². The number of fused-ring (bicyclic) bond motifs is 5. The zero-order chi connectivity index (χ0) is 35.8. The van der Waals surface area contributed by atoms with Crippen LogP contribution in [-0.4, -0.2) is 0 Å². The lowest BCUT2D eigenvalue weighted by Gasteiger charge is -2.27. The summed E-state index contributed by atoms with van der Waals surface area (Å²) in [7, 11) is 0. The minimum Gasteiger partial charge on any atom is -0.455 e. The Bertz CT molecular complexity index is 2800. The van der Waals surface area contributed by atoms with Crippen LogP contribution in [0.4, 0.5) is 17.1 Å². The lowest BCUT2D eigenvalue weighted by atomic mass is 9.94. The lowest BCUT2D eigenvalue weighted by Crippen LogP contribution is -2.10. The van der Waals surface area contributed by atoms with Gasteiger partial charge >= 0.3 is 0 Å². The van der Waals surface area contributed by atoms with Gasteiger partial charge in [0.2, 0.25) is 0 Å². The maximum Gasteiger partial charge on any atom is 0.145 e. The molecular formula is C52H35NO. The Hall–Kier alpha value is -7.16. The van der Waals surface area contributed by atoms with E-state index in [9.17, 15) is 0 Å². The predicted octanol–water partition coefficient (Wildman–Crippen LogP) is 14.9. The van der Waals surface area contributed by atoms with E-state index in [0.29, 0.717) is 0 Å². The second kappa shape index (κ2) is 13.4. The molecule has 1 aromatic heterocycles. The van der Waals surface area contributed by atoms with Gasteiger partial charge in [0.1, 0.15) is 11.2 Å². The number of nitrogens with zero attached hydrogens (tertiary/aromatic N) is 1. The molecule has 0 aliphatic rings. The van der Waals surface area contributed by atoms with Gasteiger partial charge in [-0.25, -0.2) is 0 Å². The van der Waals surface area contributed by atoms with Crippen molar-refractivity contribution < 1.29 is 4.42 Å². The Balaban J connectivity index is 1.27. The number of hydrogen-bond acceptors (Lipinski definition) is 2. The van der Waals surface area contributed by atoms with Crippen molar-refractivity contribution in [3.8, 4) is 44.5 Å². The van der Waals surface area contributed by atoms with E-state index in [-0.39, 0.29) is 0 Å². The summed E-state index contributed by atoms with van der Waals surface area (Å²) in [5, 5.41) is 4.43. The molecule has 0 amide bonds. The van der Waals surface area contributed by atoms with Crippen molar-refractivity contribution in [3.05, 3.63) is 212 Å². The molecule has 9 aromatic carbocycles. The summed E-state index contributed by atoms with van der Waals surface area (Å²) in [5.74, 6) is 0. The molecule has 0 spiro atoms. The first kappa shape index (κ1) is 31.6. The molecule has 0 fully saturated rings. The van der Waals surface area contributed by atoms with Crippen molar-refractivity contribution >= 4 is 49.8 Å². The Kier molecular flexibility index (Phi) is 7.85. The highest BCUT2D eigenvalue weighted by molar-refractivity contribution is 6.24. The highest BCUT2D eigenvalue weighted by Crippen LogP contribution is 2.49. The fourth-order valence-electron chi connectivity index (χ4n) is 7.87. The fraction of sp³-hybridized carbons (Fsp3) is 0. The van der Waals surface area contributed by atoms with Gasteiger partial charge in [0.15, 0.2) is 0 Å². The molecule has 0 saturated carbocycles. The van der Waals surface area contributed by atoms with E-state index < -0.39 is 0 Å². The van der Waals surface area contributed by atoms with Crippen LogP contribution in [0.1, 0.15) is 0 Å². The zero-order valence-electron chi connectivity index (χ0n) is 29.6. The molecule has 0 aliphatic carbocycles. The van der Waals surface area contributed by atoms with Crippen molar-refractivity contribution in [3.63, 3.8) is 0 Å². The molecule has 0 radical (unpaired) electrons. The molecule has 54 heavy (non-hydrogen) atoms. The molecule has 0 N–H and O–H groups in total. The normalized spacial score (nSPS) is 11.3. The van der Waals surface area contributed by atoms with Crippen molar-refractivity contribution in [1.82, 2.24) is 0 Å². The van der Waals surface area contributed by atoms with Gasteiger partial charge in [0.25, 0.3) is 0 Å². The van der Waals surface area contributed by atoms with E-state index in [4.69, 9.17) is 4.42 Å². The van der Waals surface area contributed by atoms with Crippen molar-refractivity contribution in [1.29, 1.82) is 0 Å². The van der Waals surface area contributed by atoms with E-state index in [1.807, 2.05) is 0 Å². The van der Waals surface area contributed by atoms with Crippen LogP contribution in [0.5, 0.6) is 0 Å². The maximum atomic E-state index is 7.13. The molecule has 2 nitrogen and oxygen atoms in total. The fourth-order valence-corrected chi connectivity index (χ4v) is 7.87. The highest BCUT2D eigenvalue weighted by atomic mass is 16.3. The Morgan fingerprint density at radius 3 is 1.24 bits per heavy atom. The van der Waals surface area contributed by atoms with E-state index in [0.717, 1.165) is 55.5 Å². The van der Waals surface area contributed by atoms with Crippen LogP contribution < -0.4 is 4.90 Å². The minimum atomic E-state index is 0.871. The molecule has 0 unspecified atom stereocenters. The van der Waals surface area contributed by atoms with Gasteiger partial charge in [-0.05, 0) is 86.8 Å². The molecule has 10 rings (SSSR count). The van der Waals surface area contributed by atoms with Gasteiger partial charge in [-0.1, -0.05) is 170 Å². The predicted molar refractivity (Wildman–Crippen MR) is 228 cm³/mol. The minimum absolute atomic E-state index is 0.871. The van der Waals surface area contributed by atoms with Crippen molar-refractivity contribution in [2.75, 3.05) is 4.90 Å². The third kappa shape index (κ3) is 5.53. The van der Waals surface area contributed by atoms with Gasteiger partial charge in [0, 0.05) is 27.7 Å². The smallest absolute Gasteiger partial charge is 0.145 e. The van der Waals surface area contributed by atoms with E-state index >= 15 is 0 Å². The van der Waals surface area contributed by atoms with Gasteiger partial charge in [-0.3, -0.25) is 0 Å². The number of anilines is 3. The summed E-state index contributed by atoms with van der Waals surface area (Å²) in [6, 6.07) is 75.7. The van der Waals surface area contributed by atoms with Gasteiger partial charge in [-0.2, -0.15) is 0 Å². The van der Waals surface area contributed by atoms with Crippen LogP contribution in [0, 0.1) is 0 Å². The number of benzene rings is 9. The summed E-state index contributed by atoms with van der Waals surface area (Å²) in [4.78, 5) is 2.38. The Labute approximate surface area is 314 Å². The van der Waals surface area contributed by atoms with Crippen LogP contribution in [0.15, 0.2) is 217 Å². The van der Waals surface area contributed by atoms with Gasteiger partial charge in [0.05, 0.1) is 11.1 Å². The molecule has 0 aliphatic heterocycles. The number of rotatable bonds is 7. The number of hydrogen-bond donors (Lipinski definition) is 0. The quantitative estimate of drug-likeness (QED) is 0.166. The molecular weight excluding hydrogens is 655 g/mol. The van der Waals surface area contributed by atoms with Gasteiger partial charge < -0.3 is 9.32 Å². The molecule has 1 heterocycles. The average molecular weight is 690 g/mol. The van der Waals surface area contributed by atoms with Crippen LogP contribution in [-0.2, 0) is 0 Å². The van der Waals surface area contributed by atoms with Crippen molar-refractivity contribution in [2.45, 2.75) is 0 Å². The lowest BCUT2D eigenvalue weighted by molar-refractivity contribution is 0.674. The second-order valence-electron chi connectivity index (χ2n) is 13.7. The van der Waals surface area contributed by atoms with Gasteiger partial charge in [-0.15, -0.1) is 0 Å². The summed E-state index contributed by atoms with van der Waals surface area (Å²) >= 11 is 0. The largest absolute Gasteiger partial charge is 0.455 e. The van der Waals surface area contributed by atoms with E-state index in [2.05, 4.69) is 217 Å². The third-order valence-electron chi connectivity index (χ3n) is 10.5. The molecule has 0 saturated heterocycles. The molecule has 0 bridgehead atoms. The zero-order valence-corrected chi connectivity index (χ0v) is 29.6. The van der Waals surface area contributed by atoms with Crippen LogP contribution >= 0.6 is 0 Å². The molecule has 2 heteroatoms. The molecule has 10 aromatic rings. The monoisotopic (exact) mass is 689 g/mol. The summed E-state index contributed by atoms with van der Waals surface area (Å²) in [6.07, 6.45) is 0. The first-order valence-electron chi connectivity index (χ1n) is 18.4. The number of furan rings is 1. The molecule has 0 atom stereocenters. The first-order chi connectivity index (χ1) is 26.8. The van der Waals surface area contributed by atoms with E-state index in [1.54, 1.807) is 0 Å².